The average molecular weight is 580 g/mol. The molecule has 1 aromatic rings. The number of phosphoric ester groups is 1. The van der Waals surface area contributed by atoms with Crippen molar-refractivity contribution < 1.29 is 150 Å². The molecule has 2 rings (SSSR count). The van der Waals surface area contributed by atoms with E-state index in [4.69, 9.17) is 21.8 Å². The molecule has 1 fully saturated rings. The van der Waals surface area contributed by atoms with Gasteiger partial charge in [0.05, 0.1) is 6.61 Å². The van der Waals surface area contributed by atoms with Gasteiger partial charge in [-0.15, -0.1) is 0 Å². The molecule has 23 heteroatoms. The van der Waals surface area contributed by atoms with Gasteiger partial charge in [-0.25, -0.2) is 8.62 Å². The van der Waals surface area contributed by atoms with E-state index in [2.05, 4.69) is 18.1 Å². The molecule has 4 unspecified atom stereocenters. The molecule has 4 N–H and O–H groups in total. The Bertz CT molecular complexity index is 1060. The zero-order valence-corrected chi connectivity index (χ0v) is 27.1. The molecule has 16 nitrogen and oxygen atoms in total. The van der Waals surface area contributed by atoms with E-state index < -0.39 is 59.7 Å². The first-order valence-electron chi connectivity index (χ1n) is 7.54. The van der Waals surface area contributed by atoms with Gasteiger partial charge in [0.2, 0.25) is 0 Å². The van der Waals surface area contributed by atoms with Crippen molar-refractivity contribution in [2.75, 3.05) is 6.61 Å². The average Bonchev–Trinajstić information content (AvgIpc) is 2.73. The topological polar surface area (TPSA) is 256 Å². The van der Waals surface area contributed by atoms with E-state index in [0.29, 0.717) is 0 Å². The van der Waals surface area contributed by atoms with Crippen LogP contribution in [0.25, 0.3) is 0 Å². The molecule has 0 aliphatic carbocycles. The van der Waals surface area contributed by atoms with E-state index in [0.717, 1.165) is 23.8 Å². The summed E-state index contributed by atoms with van der Waals surface area (Å²) in [7, 11) is -17.8. The standard InChI is InChI=1S/C10H17N2O14P3S.3Na/c1-10(15)7(14)5(24-8(10)12-3-2-6(13)11-9(12)30)4-23-28(19,20)26-29(21,22)25-27(16,17)18;;;/h2-3,5,7-8,14-15H,4H2,1H3,(H,19,20)(H,21,22)(H,11,13,30)(H2,16,17,18);;;/q;3*+1/p-3/t5-,7+,8-,10?;;;/m1.../s1. The second-order valence-corrected chi connectivity index (χ2v) is 10.7. The van der Waals surface area contributed by atoms with Gasteiger partial charge in [0.25, 0.3) is 29.0 Å². The maximum absolute atomic E-state index is 11.6. The number of ether oxygens (including phenoxy) is 1. The van der Waals surface area contributed by atoms with Gasteiger partial charge in [0.1, 0.15) is 17.8 Å². The van der Waals surface area contributed by atoms with Crippen LogP contribution < -0.4 is 109 Å². The molecule has 0 saturated carbocycles. The number of hydrogen-bond acceptors (Lipinski definition) is 14. The number of hydrogen-bond donors (Lipinski definition) is 4. The first-order valence-corrected chi connectivity index (χ1v) is 12.4. The fourth-order valence-corrected chi connectivity index (χ4v) is 5.60. The van der Waals surface area contributed by atoms with E-state index >= 15 is 0 Å². The van der Waals surface area contributed by atoms with Gasteiger partial charge in [0.15, 0.2) is 11.0 Å². The number of aliphatic hydroxyl groups is 2. The Morgan fingerprint density at radius 1 is 1.21 bits per heavy atom. The first kappa shape index (κ1) is 37.5. The van der Waals surface area contributed by atoms with E-state index in [-0.39, 0.29) is 93.4 Å². The second kappa shape index (κ2) is 14.0. The Hall–Kier alpha value is 2.39. The Morgan fingerprint density at radius 2 is 1.76 bits per heavy atom. The van der Waals surface area contributed by atoms with E-state index in [1.807, 2.05) is 0 Å². The van der Waals surface area contributed by atoms with Crippen LogP contribution in [0.1, 0.15) is 13.2 Å². The van der Waals surface area contributed by atoms with Crippen LogP contribution in [-0.4, -0.2) is 49.1 Å². The molecule has 33 heavy (non-hydrogen) atoms. The third-order valence-corrected chi connectivity index (χ3v) is 7.66. The maximum atomic E-state index is 11.6. The minimum Gasteiger partial charge on any atom is -0.756 e. The summed E-state index contributed by atoms with van der Waals surface area (Å²) in [5, 5.41) is 20.7. The Kier molecular flexibility index (Phi) is 15.9. The maximum Gasteiger partial charge on any atom is 1.00 e. The molecule has 1 aliphatic heterocycles. The number of nitrogens with one attached hydrogen (secondary N) is 1. The minimum absolute atomic E-state index is 0. The van der Waals surface area contributed by atoms with Crippen molar-refractivity contribution in [3.8, 4) is 0 Å². The number of aliphatic hydroxyl groups excluding tert-OH is 1. The molecule has 0 aromatic carbocycles. The summed E-state index contributed by atoms with van der Waals surface area (Å²) in [6, 6.07) is 1.03. The van der Waals surface area contributed by atoms with Crippen LogP contribution in [0.3, 0.4) is 0 Å². The molecule has 0 radical (unpaired) electrons. The van der Waals surface area contributed by atoms with Gasteiger partial charge in [0, 0.05) is 12.3 Å². The van der Waals surface area contributed by atoms with Crippen molar-refractivity contribution in [2.45, 2.75) is 31.0 Å². The van der Waals surface area contributed by atoms with Crippen molar-refractivity contribution in [2.24, 2.45) is 0 Å². The van der Waals surface area contributed by atoms with Gasteiger partial charge in [-0.1, -0.05) is 0 Å². The van der Waals surface area contributed by atoms with Crippen LogP contribution in [0.5, 0.6) is 0 Å². The number of H-pyrrole nitrogens is 1. The predicted octanol–water partition coefficient (Wildman–Crippen LogP) is -11.6. The smallest absolute Gasteiger partial charge is 0.756 e. The molecule has 0 bridgehead atoms. The minimum atomic E-state index is -6.09. The molecular weight excluding hydrogens is 566 g/mol. The van der Waals surface area contributed by atoms with Gasteiger partial charge >= 0.3 is 88.7 Å². The largest absolute Gasteiger partial charge is 1.00 e. The summed E-state index contributed by atoms with van der Waals surface area (Å²) >= 11 is 4.92. The van der Waals surface area contributed by atoms with Crippen LogP contribution in [0.4, 0.5) is 0 Å². The fourth-order valence-electron chi connectivity index (χ4n) is 2.44. The van der Waals surface area contributed by atoms with Crippen molar-refractivity contribution in [3.05, 3.63) is 27.4 Å². The first-order chi connectivity index (χ1) is 13.4. The summed E-state index contributed by atoms with van der Waals surface area (Å²) in [5.74, 6) is 0. The summed E-state index contributed by atoms with van der Waals surface area (Å²) in [6.07, 6.45) is -3.67. The van der Waals surface area contributed by atoms with Crippen molar-refractivity contribution in [1.82, 2.24) is 9.55 Å². The zero-order valence-electron chi connectivity index (χ0n) is 17.6. The Labute approximate surface area is 257 Å². The molecule has 1 saturated heterocycles. The molecule has 1 aliphatic rings. The van der Waals surface area contributed by atoms with E-state index in [9.17, 15) is 43.4 Å². The summed E-state index contributed by atoms with van der Waals surface area (Å²) in [6.45, 7) is 0.00858. The van der Waals surface area contributed by atoms with Gasteiger partial charge in [-0.3, -0.25) is 28.0 Å². The predicted molar refractivity (Wildman–Crippen MR) is 89.6 cm³/mol. The molecule has 172 valence electrons. The van der Waals surface area contributed by atoms with Crippen LogP contribution >= 0.6 is 35.7 Å². The van der Waals surface area contributed by atoms with Crippen molar-refractivity contribution in [1.29, 1.82) is 0 Å². The van der Waals surface area contributed by atoms with Crippen LogP contribution in [-0.2, 0) is 31.6 Å². The monoisotopic (exact) mass is 580 g/mol. The molecular formula is C10H14N2Na3O14P3S. The summed E-state index contributed by atoms with van der Waals surface area (Å²) in [5.41, 5.74) is -2.64. The third-order valence-electron chi connectivity index (χ3n) is 3.66. The van der Waals surface area contributed by atoms with Crippen LogP contribution in [0, 0.1) is 4.77 Å². The van der Waals surface area contributed by atoms with Gasteiger partial charge in [-0.2, -0.15) is 0 Å². The summed E-state index contributed by atoms with van der Waals surface area (Å²) in [4.78, 5) is 55.0. The number of rotatable bonds is 8. The molecule has 2 heterocycles. The molecule has 1 aromatic heterocycles. The SMILES string of the molecule is CC1(O)[C@@H](O)[C@@H](COP(=O)([O-])OP(=O)([O-])OP(=O)([O-])O)O[C@H]1n1ccc(=O)[nH]c1=S.[Na+].[Na+].[Na+]. The van der Waals surface area contributed by atoms with Crippen LogP contribution in [0.2, 0.25) is 0 Å². The third kappa shape index (κ3) is 11.0. The quantitative estimate of drug-likeness (QED) is 0.126. The van der Waals surface area contributed by atoms with E-state index in [1.54, 1.807) is 0 Å². The van der Waals surface area contributed by atoms with Gasteiger partial charge < -0.3 is 39.0 Å². The number of phosphoric acid groups is 3. The van der Waals surface area contributed by atoms with E-state index in [1.165, 1.54) is 0 Å². The molecule has 7 atom stereocenters. The zero-order chi connectivity index (χ0) is 23.1. The number of nitrogens with zero attached hydrogens (tertiary/aromatic N) is 1. The van der Waals surface area contributed by atoms with Gasteiger partial charge in [-0.05, 0) is 19.1 Å². The number of aromatic amines is 1. The second-order valence-electron chi connectivity index (χ2n) is 6.04. The summed E-state index contributed by atoms with van der Waals surface area (Å²) < 4.78 is 50.1. The Balaban J connectivity index is 0. The molecule has 0 amide bonds. The van der Waals surface area contributed by atoms with Crippen LogP contribution in [0.15, 0.2) is 17.1 Å². The fraction of sp³-hybridized carbons (Fsp3) is 0.600. The molecule has 0 spiro atoms. The number of aromatic nitrogens is 2. The Morgan fingerprint density at radius 3 is 2.24 bits per heavy atom. The normalized spacial score (nSPS) is 29.8. The van der Waals surface area contributed by atoms with Crippen molar-refractivity contribution in [3.63, 3.8) is 0 Å². The van der Waals surface area contributed by atoms with Crippen molar-refractivity contribution >= 4 is 35.7 Å².